The van der Waals surface area contributed by atoms with Crippen molar-refractivity contribution in [2.45, 2.75) is 19.9 Å². The molecule has 0 saturated carbocycles. The number of pyridine rings is 1. The number of carbonyl (C=O) groups is 1. The van der Waals surface area contributed by atoms with E-state index in [1.165, 1.54) is 5.56 Å². The molecule has 6 nitrogen and oxygen atoms in total. The number of furan rings is 1. The lowest BCUT2D eigenvalue weighted by Gasteiger charge is -2.08. The Hall–Kier alpha value is -3.28. The van der Waals surface area contributed by atoms with Crippen molar-refractivity contribution in [2.75, 3.05) is 5.32 Å². The molecular weight excluding hydrogens is 318 g/mol. The monoisotopic (exact) mass is 337 g/mol. The lowest BCUT2D eigenvalue weighted by Crippen LogP contribution is -2.28. The normalized spacial score (nSPS) is 10.3. The lowest BCUT2D eigenvalue weighted by atomic mass is 10.2. The van der Waals surface area contributed by atoms with Gasteiger partial charge < -0.3 is 19.8 Å². The maximum absolute atomic E-state index is 11.8. The summed E-state index contributed by atoms with van der Waals surface area (Å²) in [4.78, 5) is 16.0. The molecule has 1 aromatic carbocycles. The first-order valence-electron chi connectivity index (χ1n) is 8.03. The summed E-state index contributed by atoms with van der Waals surface area (Å²) in [6, 6.07) is 14.5. The van der Waals surface area contributed by atoms with E-state index in [4.69, 9.17) is 9.15 Å². The molecule has 0 atom stereocenters. The zero-order valence-electron chi connectivity index (χ0n) is 13.9. The molecular formula is C19H19N3O3. The van der Waals surface area contributed by atoms with E-state index in [1.54, 1.807) is 36.7 Å². The fourth-order valence-corrected chi connectivity index (χ4v) is 2.22. The highest BCUT2D eigenvalue weighted by atomic mass is 16.5. The Bertz CT molecular complexity index is 814. The van der Waals surface area contributed by atoms with E-state index in [2.05, 4.69) is 28.6 Å². The highest BCUT2D eigenvalue weighted by Gasteiger charge is 2.05. The molecule has 0 saturated heterocycles. The molecule has 0 bridgehead atoms. The molecule has 2 amide bonds. The smallest absolute Gasteiger partial charge is 0.319 e. The summed E-state index contributed by atoms with van der Waals surface area (Å²) in [7, 11) is 0. The summed E-state index contributed by atoms with van der Waals surface area (Å²) in [6.07, 6.45) is 4.06. The molecule has 0 aliphatic rings. The Balaban J connectivity index is 1.53. The molecule has 3 rings (SSSR count). The molecule has 128 valence electrons. The van der Waals surface area contributed by atoms with Gasteiger partial charge in [0, 0.05) is 6.07 Å². The predicted octanol–water partition coefficient (Wildman–Crippen LogP) is 4.35. The van der Waals surface area contributed by atoms with E-state index in [-0.39, 0.29) is 6.03 Å². The van der Waals surface area contributed by atoms with Gasteiger partial charge in [-0.15, -0.1) is 0 Å². The van der Waals surface area contributed by atoms with Gasteiger partial charge in [0.15, 0.2) is 0 Å². The highest BCUT2D eigenvalue weighted by molar-refractivity contribution is 5.88. The Morgan fingerprint density at radius 3 is 2.84 bits per heavy atom. The van der Waals surface area contributed by atoms with Crippen molar-refractivity contribution < 1.29 is 13.9 Å². The van der Waals surface area contributed by atoms with E-state index in [0.29, 0.717) is 23.9 Å². The number of hydrogen-bond donors (Lipinski definition) is 2. The van der Waals surface area contributed by atoms with Crippen molar-refractivity contribution >= 4 is 11.7 Å². The summed E-state index contributed by atoms with van der Waals surface area (Å²) < 4.78 is 10.9. The maximum atomic E-state index is 11.8. The molecule has 0 radical (unpaired) electrons. The number of anilines is 1. The Morgan fingerprint density at radius 2 is 2.12 bits per heavy atom. The van der Waals surface area contributed by atoms with Crippen LogP contribution in [0.25, 0.3) is 0 Å². The van der Waals surface area contributed by atoms with Gasteiger partial charge in [0.25, 0.3) is 0 Å². The summed E-state index contributed by atoms with van der Waals surface area (Å²) in [6.45, 7) is 2.41. The number of benzene rings is 1. The summed E-state index contributed by atoms with van der Waals surface area (Å²) in [5.41, 5.74) is 1.77. The van der Waals surface area contributed by atoms with Crippen LogP contribution in [0.3, 0.4) is 0 Å². The average molecular weight is 337 g/mol. The maximum Gasteiger partial charge on any atom is 0.319 e. The van der Waals surface area contributed by atoms with Crippen LogP contribution in [-0.2, 0) is 13.0 Å². The van der Waals surface area contributed by atoms with Gasteiger partial charge in [-0.05, 0) is 42.3 Å². The van der Waals surface area contributed by atoms with Crippen molar-refractivity contribution in [3.63, 3.8) is 0 Å². The van der Waals surface area contributed by atoms with Crippen molar-refractivity contribution in [2.24, 2.45) is 0 Å². The average Bonchev–Trinajstić information content (AvgIpc) is 3.15. The first-order chi connectivity index (χ1) is 12.2. The zero-order chi connectivity index (χ0) is 17.5. The number of rotatable bonds is 6. The SMILES string of the molecule is CCc1cccc(Oc2ccc(NC(=O)NCc3ccco3)cn2)c1. The number of ether oxygens (including phenoxy) is 1. The lowest BCUT2D eigenvalue weighted by molar-refractivity contribution is 0.251. The second-order valence-corrected chi connectivity index (χ2v) is 5.38. The van der Waals surface area contributed by atoms with Crippen LogP contribution in [0.4, 0.5) is 10.5 Å². The van der Waals surface area contributed by atoms with Gasteiger partial charge in [0.05, 0.1) is 24.7 Å². The summed E-state index contributed by atoms with van der Waals surface area (Å²) >= 11 is 0. The van der Waals surface area contributed by atoms with Gasteiger partial charge in [-0.25, -0.2) is 9.78 Å². The minimum Gasteiger partial charge on any atom is -0.467 e. The van der Waals surface area contributed by atoms with Crippen LogP contribution < -0.4 is 15.4 Å². The van der Waals surface area contributed by atoms with Crippen LogP contribution in [0.15, 0.2) is 65.4 Å². The van der Waals surface area contributed by atoms with Gasteiger partial charge in [0.1, 0.15) is 11.5 Å². The third-order valence-electron chi connectivity index (χ3n) is 3.53. The predicted molar refractivity (Wildman–Crippen MR) is 94.7 cm³/mol. The molecule has 2 aromatic heterocycles. The standard InChI is InChI=1S/C19H19N3O3/c1-2-14-5-3-6-16(11-14)25-18-9-8-15(12-20-18)22-19(23)21-13-17-7-4-10-24-17/h3-12H,2,13H2,1H3,(H2,21,22,23). The highest BCUT2D eigenvalue weighted by Crippen LogP contribution is 2.21. The second kappa shape index (κ2) is 8.01. The van der Waals surface area contributed by atoms with Crippen molar-refractivity contribution in [1.82, 2.24) is 10.3 Å². The number of aryl methyl sites for hydroxylation is 1. The van der Waals surface area contributed by atoms with E-state index < -0.39 is 0 Å². The number of amides is 2. The molecule has 0 aliphatic carbocycles. The van der Waals surface area contributed by atoms with Crippen LogP contribution in [0.1, 0.15) is 18.2 Å². The number of hydrogen-bond acceptors (Lipinski definition) is 4. The van der Waals surface area contributed by atoms with Crippen molar-refractivity contribution in [1.29, 1.82) is 0 Å². The van der Waals surface area contributed by atoms with Crippen LogP contribution in [0.2, 0.25) is 0 Å². The van der Waals surface area contributed by atoms with Crippen LogP contribution in [0.5, 0.6) is 11.6 Å². The van der Waals surface area contributed by atoms with Crippen molar-refractivity contribution in [3.05, 3.63) is 72.3 Å². The minimum absolute atomic E-state index is 0.321. The molecule has 2 N–H and O–H groups in total. The van der Waals surface area contributed by atoms with E-state index in [9.17, 15) is 4.79 Å². The molecule has 25 heavy (non-hydrogen) atoms. The molecule has 6 heteroatoms. The van der Waals surface area contributed by atoms with Gasteiger partial charge >= 0.3 is 6.03 Å². The number of urea groups is 1. The van der Waals surface area contributed by atoms with Crippen molar-refractivity contribution in [3.8, 4) is 11.6 Å². The fraction of sp³-hybridized carbons (Fsp3) is 0.158. The molecule has 2 heterocycles. The number of nitrogens with zero attached hydrogens (tertiary/aromatic N) is 1. The molecule has 3 aromatic rings. The Kier molecular flexibility index (Phi) is 5.31. The molecule has 0 fully saturated rings. The Labute approximate surface area is 145 Å². The number of carbonyl (C=O) groups excluding carboxylic acids is 1. The fourth-order valence-electron chi connectivity index (χ4n) is 2.22. The van der Waals surface area contributed by atoms with Gasteiger partial charge in [0.2, 0.25) is 5.88 Å². The van der Waals surface area contributed by atoms with Gasteiger partial charge in [-0.1, -0.05) is 19.1 Å². The second-order valence-electron chi connectivity index (χ2n) is 5.38. The van der Waals surface area contributed by atoms with Crippen LogP contribution >= 0.6 is 0 Å². The van der Waals surface area contributed by atoms with E-state index in [1.807, 2.05) is 18.2 Å². The molecule has 0 aliphatic heterocycles. The first kappa shape index (κ1) is 16.6. The molecule has 0 unspecified atom stereocenters. The molecule has 0 spiro atoms. The van der Waals surface area contributed by atoms with Gasteiger partial charge in [-0.2, -0.15) is 0 Å². The zero-order valence-corrected chi connectivity index (χ0v) is 13.9. The largest absolute Gasteiger partial charge is 0.467 e. The quantitative estimate of drug-likeness (QED) is 0.701. The van der Waals surface area contributed by atoms with Gasteiger partial charge in [-0.3, -0.25) is 0 Å². The summed E-state index contributed by atoms with van der Waals surface area (Å²) in [5, 5.41) is 5.40. The topological polar surface area (TPSA) is 76.4 Å². The van der Waals surface area contributed by atoms with E-state index >= 15 is 0 Å². The summed E-state index contributed by atoms with van der Waals surface area (Å²) in [5.74, 6) is 1.89. The number of nitrogens with one attached hydrogen (secondary N) is 2. The van der Waals surface area contributed by atoms with Crippen LogP contribution in [-0.4, -0.2) is 11.0 Å². The third kappa shape index (κ3) is 4.84. The van der Waals surface area contributed by atoms with Crippen LogP contribution in [0, 0.1) is 0 Å². The Morgan fingerprint density at radius 1 is 1.20 bits per heavy atom. The third-order valence-corrected chi connectivity index (χ3v) is 3.53. The first-order valence-corrected chi connectivity index (χ1v) is 8.03. The number of aromatic nitrogens is 1. The van der Waals surface area contributed by atoms with E-state index in [0.717, 1.165) is 12.2 Å². The minimum atomic E-state index is -0.331.